The molecule has 0 atom stereocenters. The molecule has 2 aromatic carbocycles. The van der Waals surface area contributed by atoms with E-state index in [1.54, 1.807) is 12.1 Å². The van der Waals surface area contributed by atoms with Gasteiger partial charge in [-0.25, -0.2) is 4.98 Å². The first-order chi connectivity index (χ1) is 16.0. The quantitative estimate of drug-likeness (QED) is 0.347. The second kappa shape index (κ2) is 10.4. The van der Waals surface area contributed by atoms with Gasteiger partial charge in [0.25, 0.3) is 0 Å². The zero-order chi connectivity index (χ0) is 23.2. The molecule has 33 heavy (non-hydrogen) atoms. The minimum Gasteiger partial charge on any atom is -0.339 e. The van der Waals surface area contributed by atoms with Gasteiger partial charge in [-0.15, -0.1) is 11.3 Å². The maximum Gasteiger partial charge on any atom is 0.226 e. The summed E-state index contributed by atoms with van der Waals surface area (Å²) in [6.45, 7) is 1.46. The third-order valence-electron chi connectivity index (χ3n) is 4.62. The van der Waals surface area contributed by atoms with Crippen LogP contribution in [0.1, 0.15) is 25.7 Å². The molecule has 0 aliphatic carbocycles. The number of hydrogen-bond donors (Lipinski definition) is 2. The maximum atomic E-state index is 12.3. The molecule has 0 saturated heterocycles. The number of nitrogens with one attached hydrogen (secondary N) is 2. The first-order valence-corrected chi connectivity index (χ1v) is 11.4. The van der Waals surface area contributed by atoms with Gasteiger partial charge in [-0.3, -0.25) is 9.59 Å². The molecule has 0 aliphatic rings. The lowest BCUT2D eigenvalue weighted by Gasteiger charge is -2.03. The maximum absolute atomic E-state index is 12.3. The highest BCUT2D eigenvalue weighted by Crippen LogP contribution is 2.26. The second-order valence-corrected chi connectivity index (χ2v) is 8.51. The number of carbonyl (C=O) groups is 2. The zero-order valence-electron chi connectivity index (χ0n) is 17.7. The lowest BCUT2D eigenvalue weighted by Crippen LogP contribution is -2.11. The molecule has 0 radical (unpaired) electrons. The van der Waals surface area contributed by atoms with E-state index in [-0.39, 0.29) is 11.8 Å². The molecule has 0 spiro atoms. The second-order valence-electron chi connectivity index (χ2n) is 7.22. The molecule has 2 heterocycles. The third kappa shape index (κ3) is 6.24. The number of aromatic nitrogens is 3. The van der Waals surface area contributed by atoms with Gasteiger partial charge < -0.3 is 15.2 Å². The van der Waals surface area contributed by atoms with Crippen LogP contribution in [0.15, 0.2) is 58.4 Å². The molecular weight excluding hydrogens is 462 g/mol. The van der Waals surface area contributed by atoms with Crippen molar-refractivity contribution < 1.29 is 14.1 Å². The Morgan fingerprint density at radius 2 is 1.73 bits per heavy atom. The molecule has 168 valence electrons. The number of amides is 2. The van der Waals surface area contributed by atoms with Crippen molar-refractivity contribution in [1.29, 1.82) is 0 Å². The average Bonchev–Trinajstić information content (AvgIpc) is 3.44. The van der Waals surface area contributed by atoms with Crippen molar-refractivity contribution in [3.63, 3.8) is 0 Å². The van der Waals surface area contributed by atoms with Crippen molar-refractivity contribution in [2.45, 2.75) is 26.2 Å². The Balaban J connectivity index is 1.26. The van der Waals surface area contributed by atoms with Crippen LogP contribution in [-0.2, 0) is 16.0 Å². The number of halogens is 1. The van der Waals surface area contributed by atoms with Gasteiger partial charge in [-0.1, -0.05) is 28.9 Å². The third-order valence-corrected chi connectivity index (χ3v) is 5.63. The SMILES string of the molecule is CC(=O)Nc1ccc(-c2csc(NC(=O)CCCc3nc(-c4ccc(Cl)cc4)no3)n2)cc1. The molecule has 0 bridgehead atoms. The van der Waals surface area contributed by atoms with Crippen LogP contribution >= 0.6 is 22.9 Å². The average molecular weight is 482 g/mol. The fraction of sp³-hybridized carbons (Fsp3) is 0.174. The number of carbonyl (C=O) groups excluding carboxylic acids is 2. The summed E-state index contributed by atoms with van der Waals surface area (Å²) in [7, 11) is 0. The van der Waals surface area contributed by atoms with Crippen LogP contribution in [-0.4, -0.2) is 26.9 Å². The van der Waals surface area contributed by atoms with E-state index in [1.807, 2.05) is 41.8 Å². The number of thiazole rings is 1. The van der Waals surface area contributed by atoms with E-state index in [2.05, 4.69) is 25.8 Å². The van der Waals surface area contributed by atoms with Crippen LogP contribution in [0.5, 0.6) is 0 Å². The van der Waals surface area contributed by atoms with Gasteiger partial charge in [0.1, 0.15) is 0 Å². The van der Waals surface area contributed by atoms with E-state index in [9.17, 15) is 9.59 Å². The molecule has 2 aromatic heterocycles. The highest BCUT2D eigenvalue weighted by atomic mass is 35.5. The van der Waals surface area contributed by atoms with Crippen molar-refractivity contribution in [3.8, 4) is 22.6 Å². The Bertz CT molecular complexity index is 1250. The van der Waals surface area contributed by atoms with Crippen molar-refractivity contribution in [3.05, 3.63) is 64.8 Å². The van der Waals surface area contributed by atoms with Crippen molar-refractivity contribution in [2.24, 2.45) is 0 Å². The van der Waals surface area contributed by atoms with Gasteiger partial charge in [0.05, 0.1) is 5.69 Å². The van der Waals surface area contributed by atoms with Gasteiger partial charge in [-0.05, 0) is 42.8 Å². The molecule has 0 unspecified atom stereocenters. The molecular formula is C23H20ClN5O3S. The normalized spacial score (nSPS) is 10.7. The highest BCUT2D eigenvalue weighted by molar-refractivity contribution is 7.14. The number of anilines is 2. The van der Waals surface area contributed by atoms with Gasteiger partial charge in [0.15, 0.2) is 5.13 Å². The highest BCUT2D eigenvalue weighted by Gasteiger charge is 2.11. The molecule has 2 N–H and O–H groups in total. The zero-order valence-corrected chi connectivity index (χ0v) is 19.2. The topological polar surface area (TPSA) is 110 Å². The minimum absolute atomic E-state index is 0.123. The Labute approximate surface area is 199 Å². The van der Waals surface area contributed by atoms with E-state index < -0.39 is 0 Å². The first-order valence-electron chi connectivity index (χ1n) is 10.2. The van der Waals surface area contributed by atoms with Gasteiger partial charge >= 0.3 is 0 Å². The fourth-order valence-corrected chi connectivity index (χ4v) is 3.91. The Morgan fingerprint density at radius 1 is 1.00 bits per heavy atom. The number of nitrogens with zero attached hydrogens (tertiary/aromatic N) is 3. The minimum atomic E-state index is -0.130. The number of rotatable bonds is 8. The fourth-order valence-electron chi connectivity index (χ4n) is 3.05. The summed E-state index contributed by atoms with van der Waals surface area (Å²) in [6, 6.07) is 14.5. The first kappa shape index (κ1) is 22.6. The van der Waals surface area contributed by atoms with Crippen LogP contribution in [0.2, 0.25) is 5.02 Å². The van der Waals surface area contributed by atoms with Crippen molar-refractivity contribution in [1.82, 2.24) is 15.1 Å². The van der Waals surface area contributed by atoms with Gasteiger partial charge in [0, 0.05) is 47.0 Å². The summed E-state index contributed by atoms with van der Waals surface area (Å²) in [6.07, 6.45) is 1.37. The molecule has 8 nitrogen and oxygen atoms in total. The van der Waals surface area contributed by atoms with Crippen LogP contribution in [0, 0.1) is 0 Å². The summed E-state index contributed by atoms with van der Waals surface area (Å²) in [5.41, 5.74) is 3.19. The molecule has 0 aliphatic heterocycles. The van der Waals surface area contributed by atoms with E-state index in [0.717, 1.165) is 22.5 Å². The number of aryl methyl sites for hydroxylation is 1. The molecule has 0 fully saturated rings. The molecule has 0 saturated carbocycles. The lowest BCUT2D eigenvalue weighted by molar-refractivity contribution is -0.116. The van der Waals surface area contributed by atoms with E-state index in [1.165, 1.54) is 18.3 Å². The van der Waals surface area contributed by atoms with E-state index in [0.29, 0.717) is 41.1 Å². The Kier molecular flexibility index (Phi) is 7.11. The smallest absolute Gasteiger partial charge is 0.226 e. The summed E-state index contributed by atoms with van der Waals surface area (Å²) < 4.78 is 5.27. The molecule has 2 amide bonds. The van der Waals surface area contributed by atoms with Gasteiger partial charge in [0.2, 0.25) is 23.5 Å². The number of hydrogen-bond acceptors (Lipinski definition) is 7. The van der Waals surface area contributed by atoms with E-state index >= 15 is 0 Å². The summed E-state index contributed by atoms with van der Waals surface area (Å²) in [5.74, 6) is 0.718. The lowest BCUT2D eigenvalue weighted by atomic mass is 10.1. The number of benzene rings is 2. The predicted octanol–water partition coefficient (Wildman–Crippen LogP) is 5.43. The van der Waals surface area contributed by atoms with Gasteiger partial charge in [-0.2, -0.15) is 4.98 Å². The van der Waals surface area contributed by atoms with Crippen LogP contribution in [0.3, 0.4) is 0 Å². The Hall–Kier alpha value is -3.56. The van der Waals surface area contributed by atoms with Crippen LogP contribution in [0.4, 0.5) is 10.8 Å². The Morgan fingerprint density at radius 3 is 2.45 bits per heavy atom. The largest absolute Gasteiger partial charge is 0.339 e. The predicted molar refractivity (Wildman–Crippen MR) is 128 cm³/mol. The molecule has 10 heteroatoms. The summed E-state index contributed by atoms with van der Waals surface area (Å²) >= 11 is 7.25. The monoisotopic (exact) mass is 481 g/mol. The standard InChI is InChI=1S/C23H20ClN5O3S/c1-14(30)25-18-11-7-15(8-12-18)19-13-33-23(26-19)27-20(31)3-2-4-21-28-22(29-32-21)16-5-9-17(24)10-6-16/h5-13H,2-4H2,1H3,(H,25,30)(H,26,27,31). The molecule has 4 aromatic rings. The summed E-state index contributed by atoms with van der Waals surface area (Å²) in [5, 5.41) is 12.6. The van der Waals surface area contributed by atoms with Crippen LogP contribution < -0.4 is 10.6 Å². The van der Waals surface area contributed by atoms with Crippen LogP contribution in [0.25, 0.3) is 22.6 Å². The van der Waals surface area contributed by atoms with Crippen molar-refractivity contribution in [2.75, 3.05) is 10.6 Å². The molecule has 4 rings (SSSR count). The summed E-state index contributed by atoms with van der Waals surface area (Å²) in [4.78, 5) is 32.2. The van der Waals surface area contributed by atoms with E-state index in [4.69, 9.17) is 16.1 Å². The van der Waals surface area contributed by atoms with Crippen molar-refractivity contribution >= 4 is 45.6 Å².